The van der Waals surface area contributed by atoms with Crippen LogP contribution in [0.1, 0.15) is 53.8 Å². The first kappa shape index (κ1) is 22.4. The lowest BCUT2D eigenvalue weighted by molar-refractivity contribution is 0.0952. The molecule has 2 rings (SSSR count). The first-order chi connectivity index (χ1) is 14.0. The van der Waals surface area contributed by atoms with Crippen molar-refractivity contribution in [3.63, 3.8) is 0 Å². The Morgan fingerprint density at radius 1 is 1.00 bits per heavy atom. The van der Waals surface area contributed by atoms with Crippen molar-refractivity contribution in [3.05, 3.63) is 59.7 Å². The summed E-state index contributed by atoms with van der Waals surface area (Å²) >= 11 is 5.26. The molecule has 0 saturated heterocycles. The van der Waals surface area contributed by atoms with Crippen LogP contribution in [0.4, 0.5) is 5.69 Å². The number of para-hydroxylation sites is 1. The van der Waals surface area contributed by atoms with Crippen LogP contribution >= 0.6 is 12.2 Å². The number of benzene rings is 2. The van der Waals surface area contributed by atoms with Crippen LogP contribution in [-0.2, 0) is 0 Å². The van der Waals surface area contributed by atoms with Crippen molar-refractivity contribution in [1.29, 1.82) is 0 Å². The molecule has 0 aliphatic heterocycles. The average Bonchev–Trinajstić information content (AvgIpc) is 2.72. The Hall–Kier alpha value is -2.93. The predicted molar refractivity (Wildman–Crippen MR) is 120 cm³/mol. The van der Waals surface area contributed by atoms with Crippen molar-refractivity contribution < 1.29 is 14.3 Å². The molecule has 0 bridgehead atoms. The molecule has 0 radical (unpaired) electrons. The third-order valence-electron chi connectivity index (χ3n) is 4.05. The Morgan fingerprint density at radius 2 is 1.79 bits per heavy atom. The second kappa shape index (κ2) is 11.8. The summed E-state index contributed by atoms with van der Waals surface area (Å²) in [7, 11) is 0. The summed E-state index contributed by atoms with van der Waals surface area (Å²) in [6, 6.07) is 14.0. The molecule has 0 atom stereocenters. The van der Waals surface area contributed by atoms with Gasteiger partial charge in [0.25, 0.3) is 11.8 Å². The van der Waals surface area contributed by atoms with Crippen molar-refractivity contribution in [1.82, 2.24) is 10.6 Å². The third kappa shape index (κ3) is 7.19. The van der Waals surface area contributed by atoms with E-state index in [1.54, 1.807) is 42.5 Å². The number of amides is 2. The summed E-state index contributed by atoms with van der Waals surface area (Å²) in [5.41, 5.74) is 1.43. The van der Waals surface area contributed by atoms with E-state index in [4.69, 9.17) is 17.0 Å². The lowest BCUT2D eigenvalue weighted by Gasteiger charge is -2.14. The number of carbonyl (C=O) groups excluding carboxylic acids is 2. The molecular weight excluding hydrogens is 386 g/mol. The van der Waals surface area contributed by atoms with Gasteiger partial charge in [-0.1, -0.05) is 38.5 Å². The number of thiocarbonyl (C=S) groups is 1. The molecule has 7 heteroatoms. The van der Waals surface area contributed by atoms with Crippen LogP contribution in [-0.4, -0.2) is 30.1 Å². The minimum absolute atomic E-state index is 0.114. The van der Waals surface area contributed by atoms with Crippen molar-refractivity contribution >= 4 is 34.8 Å². The molecule has 6 nitrogen and oxygen atoms in total. The zero-order valence-electron chi connectivity index (χ0n) is 16.8. The number of rotatable bonds is 9. The summed E-state index contributed by atoms with van der Waals surface area (Å²) in [6.45, 7) is 5.27. The van der Waals surface area contributed by atoms with Gasteiger partial charge < -0.3 is 15.4 Å². The van der Waals surface area contributed by atoms with Crippen LogP contribution in [0, 0.1) is 0 Å². The fourth-order valence-corrected chi connectivity index (χ4v) is 2.72. The highest BCUT2D eigenvalue weighted by Gasteiger charge is 2.13. The number of anilines is 1. The van der Waals surface area contributed by atoms with E-state index in [2.05, 4.69) is 22.9 Å². The molecule has 0 spiro atoms. The maximum atomic E-state index is 12.5. The molecule has 0 aliphatic rings. The fourth-order valence-electron chi connectivity index (χ4n) is 2.51. The Kier molecular flexibility index (Phi) is 9.11. The minimum Gasteiger partial charge on any atom is -0.494 e. The zero-order valence-corrected chi connectivity index (χ0v) is 17.6. The molecular formula is C22H27N3O3S. The van der Waals surface area contributed by atoms with Crippen LogP contribution in [0.25, 0.3) is 0 Å². The van der Waals surface area contributed by atoms with Crippen LogP contribution in [0.2, 0.25) is 0 Å². The number of hydrogen-bond donors (Lipinski definition) is 3. The number of carbonyl (C=O) groups is 2. The molecule has 3 N–H and O–H groups in total. The second-order valence-corrected chi connectivity index (χ2v) is 6.85. The van der Waals surface area contributed by atoms with Crippen LogP contribution < -0.4 is 20.7 Å². The van der Waals surface area contributed by atoms with Crippen molar-refractivity contribution in [2.24, 2.45) is 0 Å². The highest BCUT2D eigenvalue weighted by molar-refractivity contribution is 7.80. The Balaban J connectivity index is 2.00. The largest absolute Gasteiger partial charge is 0.494 e. The predicted octanol–water partition coefficient (Wildman–Crippen LogP) is 4.13. The summed E-state index contributed by atoms with van der Waals surface area (Å²) in [5.74, 6) is 0.0975. The first-order valence-electron chi connectivity index (χ1n) is 9.77. The minimum atomic E-state index is -0.351. The molecule has 2 aromatic carbocycles. The topological polar surface area (TPSA) is 79.5 Å². The van der Waals surface area contributed by atoms with E-state index >= 15 is 0 Å². The quantitative estimate of drug-likeness (QED) is 0.425. The lowest BCUT2D eigenvalue weighted by Crippen LogP contribution is -2.35. The highest BCUT2D eigenvalue weighted by atomic mass is 32.1. The summed E-state index contributed by atoms with van der Waals surface area (Å²) < 4.78 is 5.64. The highest BCUT2D eigenvalue weighted by Crippen LogP contribution is 2.16. The average molecular weight is 414 g/mol. The van der Waals surface area contributed by atoms with Crippen molar-refractivity contribution in [2.75, 3.05) is 18.5 Å². The van der Waals surface area contributed by atoms with Crippen molar-refractivity contribution in [2.45, 2.75) is 33.1 Å². The van der Waals surface area contributed by atoms with Gasteiger partial charge in [0.2, 0.25) is 0 Å². The molecule has 154 valence electrons. The van der Waals surface area contributed by atoms with E-state index in [1.807, 2.05) is 13.0 Å². The van der Waals surface area contributed by atoms with Gasteiger partial charge in [-0.2, -0.15) is 0 Å². The molecule has 0 fully saturated rings. The molecule has 29 heavy (non-hydrogen) atoms. The van der Waals surface area contributed by atoms with Crippen molar-refractivity contribution in [3.8, 4) is 5.75 Å². The Bertz CT molecular complexity index is 855. The van der Waals surface area contributed by atoms with Crippen LogP contribution in [0.5, 0.6) is 5.75 Å². The van der Waals surface area contributed by atoms with Gasteiger partial charge in [0, 0.05) is 12.1 Å². The molecule has 0 aliphatic carbocycles. The van der Waals surface area contributed by atoms with Gasteiger partial charge in [-0.15, -0.1) is 0 Å². The zero-order chi connectivity index (χ0) is 21.1. The third-order valence-corrected chi connectivity index (χ3v) is 4.25. The number of unbranched alkanes of at least 4 members (excludes halogenated alkanes) is 1. The molecule has 0 saturated carbocycles. The van der Waals surface area contributed by atoms with E-state index in [0.29, 0.717) is 35.7 Å². The first-order valence-corrected chi connectivity index (χ1v) is 10.2. The number of hydrogen-bond acceptors (Lipinski definition) is 4. The van der Waals surface area contributed by atoms with Gasteiger partial charge in [0.05, 0.1) is 17.9 Å². The summed E-state index contributed by atoms with van der Waals surface area (Å²) in [6.07, 6.45) is 2.84. The van der Waals surface area contributed by atoms with Gasteiger partial charge in [-0.25, -0.2) is 0 Å². The monoisotopic (exact) mass is 413 g/mol. The number of nitrogens with one attached hydrogen (secondary N) is 3. The van der Waals surface area contributed by atoms with Crippen LogP contribution in [0.3, 0.4) is 0 Å². The van der Waals surface area contributed by atoms with E-state index in [1.165, 1.54) is 0 Å². The van der Waals surface area contributed by atoms with E-state index < -0.39 is 0 Å². The van der Waals surface area contributed by atoms with Gasteiger partial charge in [0.1, 0.15) is 5.75 Å². The van der Waals surface area contributed by atoms with E-state index in [9.17, 15) is 9.59 Å². The SMILES string of the molecule is CCCCOc1cccc(C(=O)NC(=S)Nc2ccccc2C(=O)NCCC)c1. The van der Waals surface area contributed by atoms with E-state index in [0.717, 1.165) is 19.3 Å². The Morgan fingerprint density at radius 3 is 2.55 bits per heavy atom. The Labute approximate surface area is 177 Å². The van der Waals surface area contributed by atoms with Gasteiger partial charge in [0.15, 0.2) is 5.11 Å². The maximum Gasteiger partial charge on any atom is 0.257 e. The van der Waals surface area contributed by atoms with Gasteiger partial charge in [-0.05, 0) is 55.4 Å². The second-order valence-electron chi connectivity index (χ2n) is 6.44. The fraction of sp³-hybridized carbons (Fsp3) is 0.318. The molecule has 2 aromatic rings. The maximum absolute atomic E-state index is 12.5. The van der Waals surface area contributed by atoms with Gasteiger partial charge in [-0.3, -0.25) is 14.9 Å². The molecule has 2 amide bonds. The number of ether oxygens (including phenoxy) is 1. The smallest absolute Gasteiger partial charge is 0.257 e. The standard InChI is InChI=1S/C22H27N3O3S/c1-3-5-14-28-17-10-8-9-16(15-17)20(26)25-22(29)24-19-12-7-6-11-18(19)21(27)23-13-4-2/h6-12,15H,3-5,13-14H2,1-2H3,(H,23,27)(H2,24,25,26,29). The molecule has 0 heterocycles. The van der Waals surface area contributed by atoms with Crippen LogP contribution in [0.15, 0.2) is 48.5 Å². The summed E-state index contributed by atoms with van der Waals surface area (Å²) in [4.78, 5) is 24.8. The molecule has 0 aromatic heterocycles. The molecule has 0 unspecified atom stereocenters. The lowest BCUT2D eigenvalue weighted by atomic mass is 10.1. The van der Waals surface area contributed by atoms with E-state index in [-0.39, 0.29) is 16.9 Å². The summed E-state index contributed by atoms with van der Waals surface area (Å²) in [5, 5.41) is 8.52. The normalized spacial score (nSPS) is 10.1. The van der Waals surface area contributed by atoms with Gasteiger partial charge >= 0.3 is 0 Å².